The van der Waals surface area contributed by atoms with Gasteiger partial charge in [-0.05, 0) is 12.1 Å². The number of carbonyl (C=O) groups excluding carboxylic acids is 2. The average Bonchev–Trinajstić information content (AvgIpc) is 2.36. The maximum absolute atomic E-state index is 11.6. The number of hydrogen-bond acceptors (Lipinski definition) is 5. The summed E-state index contributed by atoms with van der Waals surface area (Å²) in [6.07, 6.45) is 0. The molecule has 1 aromatic rings. The lowest BCUT2D eigenvalue weighted by atomic mass is 10.1. The minimum Gasteiger partial charge on any atom is -0.465 e. The van der Waals surface area contributed by atoms with Crippen LogP contribution in [0.25, 0.3) is 0 Å². The lowest BCUT2D eigenvalue weighted by molar-refractivity contribution is -0.477. The molecule has 0 aromatic heterocycles. The van der Waals surface area contributed by atoms with Crippen molar-refractivity contribution in [2.45, 2.75) is 4.95 Å². The van der Waals surface area contributed by atoms with Gasteiger partial charge in [-0.25, -0.2) is 4.79 Å². The summed E-state index contributed by atoms with van der Waals surface area (Å²) in [7, 11) is 1.21. The topological polar surface area (TPSA) is 86.5 Å². The van der Waals surface area contributed by atoms with E-state index in [2.05, 4.69) is 20.7 Å². The molecule has 6 nitrogen and oxygen atoms in total. The van der Waals surface area contributed by atoms with Crippen molar-refractivity contribution in [3.63, 3.8) is 0 Å². The van der Waals surface area contributed by atoms with Gasteiger partial charge in [-0.3, -0.25) is 14.9 Å². The lowest BCUT2D eigenvalue weighted by Gasteiger charge is -2.03. The van der Waals surface area contributed by atoms with Gasteiger partial charge in [0.2, 0.25) is 5.78 Å². The SMILES string of the molecule is COC(=O)c1cccc(C(=O)C(Br)[N+](=O)[O-])c1. The fraction of sp³-hybridized carbons (Fsp3) is 0.200. The van der Waals surface area contributed by atoms with Crippen molar-refractivity contribution in [3.05, 3.63) is 45.5 Å². The van der Waals surface area contributed by atoms with Gasteiger partial charge in [-0.1, -0.05) is 12.1 Å². The molecule has 17 heavy (non-hydrogen) atoms. The molecule has 1 aromatic carbocycles. The molecule has 0 saturated carbocycles. The van der Waals surface area contributed by atoms with Crippen LogP contribution in [0, 0.1) is 10.1 Å². The van der Waals surface area contributed by atoms with Crippen LogP contribution in [0.15, 0.2) is 24.3 Å². The van der Waals surface area contributed by atoms with E-state index in [1.54, 1.807) is 0 Å². The number of carbonyl (C=O) groups is 2. The van der Waals surface area contributed by atoms with Gasteiger partial charge in [0.05, 0.1) is 12.7 Å². The summed E-state index contributed by atoms with van der Waals surface area (Å²) in [5.41, 5.74) is 0.243. The van der Waals surface area contributed by atoms with E-state index in [9.17, 15) is 19.7 Å². The Morgan fingerprint density at radius 3 is 2.53 bits per heavy atom. The number of Topliss-reactive ketones (excluding diaryl/α,β-unsaturated/α-hetero) is 1. The molecule has 0 fully saturated rings. The number of esters is 1. The molecular weight excluding hydrogens is 294 g/mol. The van der Waals surface area contributed by atoms with Crippen molar-refractivity contribution >= 4 is 27.7 Å². The molecule has 0 radical (unpaired) electrons. The van der Waals surface area contributed by atoms with Crippen molar-refractivity contribution in [3.8, 4) is 0 Å². The molecule has 1 unspecified atom stereocenters. The number of nitrogens with zero attached hydrogens (tertiary/aromatic N) is 1. The monoisotopic (exact) mass is 301 g/mol. The van der Waals surface area contributed by atoms with Gasteiger partial charge < -0.3 is 4.74 Å². The van der Waals surface area contributed by atoms with E-state index in [-0.39, 0.29) is 11.1 Å². The maximum atomic E-state index is 11.6. The predicted octanol–water partition coefficient (Wildman–Crippen LogP) is 1.65. The predicted molar refractivity (Wildman–Crippen MR) is 61.8 cm³/mol. The van der Waals surface area contributed by atoms with Crippen molar-refractivity contribution in [2.75, 3.05) is 7.11 Å². The number of ketones is 1. The molecule has 7 heteroatoms. The van der Waals surface area contributed by atoms with Crippen LogP contribution in [0.4, 0.5) is 0 Å². The molecule has 1 atom stereocenters. The summed E-state index contributed by atoms with van der Waals surface area (Å²) in [5, 5.41) is 10.4. The van der Waals surface area contributed by atoms with Crippen LogP contribution in [0.3, 0.4) is 0 Å². The summed E-state index contributed by atoms with van der Waals surface area (Å²) in [6, 6.07) is 5.57. The second-order valence-electron chi connectivity index (χ2n) is 3.06. The Kier molecular flexibility index (Phi) is 4.33. The Bertz CT molecular complexity index is 474. The van der Waals surface area contributed by atoms with Crippen molar-refractivity contribution < 1.29 is 19.2 Å². The van der Waals surface area contributed by atoms with E-state index >= 15 is 0 Å². The minimum atomic E-state index is -1.52. The normalized spacial score (nSPS) is 11.6. The number of halogens is 1. The van der Waals surface area contributed by atoms with Crippen LogP contribution in [-0.2, 0) is 4.74 Å². The number of benzene rings is 1. The Morgan fingerprint density at radius 1 is 1.41 bits per heavy atom. The molecule has 0 aliphatic heterocycles. The molecule has 0 N–H and O–H groups in total. The second kappa shape index (κ2) is 5.53. The number of rotatable bonds is 4. The lowest BCUT2D eigenvalue weighted by Crippen LogP contribution is -2.23. The third-order valence-corrected chi connectivity index (χ3v) is 2.72. The standard InChI is InChI=1S/C10H8BrNO5/c1-17-10(14)7-4-2-3-6(5-7)8(13)9(11)12(15)16/h2-5,9H,1H3. The van der Waals surface area contributed by atoms with Gasteiger partial charge in [-0.2, -0.15) is 0 Å². The van der Waals surface area contributed by atoms with Gasteiger partial charge in [0.25, 0.3) is 0 Å². The highest BCUT2D eigenvalue weighted by molar-refractivity contribution is 9.09. The zero-order chi connectivity index (χ0) is 13.0. The van der Waals surface area contributed by atoms with Crippen LogP contribution >= 0.6 is 15.9 Å². The first kappa shape index (κ1) is 13.3. The summed E-state index contributed by atoms with van der Waals surface area (Å²) in [6.45, 7) is 0. The number of nitro groups is 1. The third-order valence-electron chi connectivity index (χ3n) is 1.97. The van der Waals surface area contributed by atoms with E-state index < -0.39 is 21.6 Å². The van der Waals surface area contributed by atoms with Gasteiger partial charge in [0.15, 0.2) is 0 Å². The summed E-state index contributed by atoms with van der Waals surface area (Å²) in [4.78, 5) is 31.0. The Morgan fingerprint density at radius 2 is 2.00 bits per heavy atom. The first-order valence-electron chi connectivity index (χ1n) is 4.47. The van der Waals surface area contributed by atoms with Crippen molar-refractivity contribution in [1.82, 2.24) is 0 Å². The Hall–Kier alpha value is -1.76. The number of hydrogen-bond donors (Lipinski definition) is 0. The van der Waals surface area contributed by atoms with Gasteiger partial charge in [-0.15, -0.1) is 0 Å². The van der Waals surface area contributed by atoms with Crippen LogP contribution in [0.2, 0.25) is 0 Å². The first-order valence-corrected chi connectivity index (χ1v) is 5.39. The van der Waals surface area contributed by atoms with Crippen molar-refractivity contribution in [1.29, 1.82) is 0 Å². The Labute approximate surface area is 105 Å². The molecule has 0 saturated heterocycles. The number of methoxy groups -OCH3 is 1. The molecule has 0 spiro atoms. The average molecular weight is 302 g/mol. The van der Waals surface area contributed by atoms with E-state index in [0.29, 0.717) is 0 Å². The molecule has 0 aliphatic rings. The zero-order valence-electron chi connectivity index (χ0n) is 8.75. The molecule has 0 bridgehead atoms. The summed E-state index contributed by atoms with van der Waals surface area (Å²) < 4.78 is 4.48. The molecule has 0 amide bonds. The second-order valence-corrected chi connectivity index (χ2v) is 3.93. The maximum Gasteiger partial charge on any atom is 0.337 e. The highest BCUT2D eigenvalue weighted by Gasteiger charge is 2.27. The summed E-state index contributed by atoms with van der Waals surface area (Å²) >= 11 is 2.66. The Balaban J connectivity index is 3.03. The molecule has 1 rings (SSSR count). The van der Waals surface area contributed by atoms with Crippen molar-refractivity contribution in [2.24, 2.45) is 0 Å². The van der Waals surface area contributed by atoms with Gasteiger partial charge in [0.1, 0.15) is 0 Å². The van der Waals surface area contributed by atoms with Crippen LogP contribution in [0.5, 0.6) is 0 Å². The molecular formula is C10H8BrNO5. The molecule has 0 aliphatic carbocycles. The van der Waals surface area contributed by atoms with E-state index in [1.807, 2.05) is 0 Å². The molecule has 0 heterocycles. The quantitative estimate of drug-likeness (QED) is 0.211. The zero-order valence-corrected chi connectivity index (χ0v) is 10.3. The largest absolute Gasteiger partial charge is 0.465 e. The smallest absolute Gasteiger partial charge is 0.337 e. The van der Waals surface area contributed by atoms with Crippen LogP contribution in [0.1, 0.15) is 20.7 Å². The fourth-order valence-electron chi connectivity index (χ4n) is 1.15. The summed E-state index contributed by atoms with van der Waals surface area (Å²) in [5.74, 6) is -1.33. The van der Waals surface area contributed by atoms with E-state index in [0.717, 1.165) is 0 Å². The van der Waals surface area contributed by atoms with Gasteiger partial charge >= 0.3 is 10.9 Å². The van der Waals surface area contributed by atoms with Crippen LogP contribution < -0.4 is 0 Å². The highest BCUT2D eigenvalue weighted by Crippen LogP contribution is 2.13. The fourth-order valence-corrected chi connectivity index (χ4v) is 1.41. The minimum absolute atomic E-state index is 0.0754. The molecule has 90 valence electrons. The number of alkyl halides is 1. The van der Waals surface area contributed by atoms with Crippen LogP contribution in [-0.4, -0.2) is 28.7 Å². The van der Waals surface area contributed by atoms with E-state index in [4.69, 9.17) is 0 Å². The van der Waals surface area contributed by atoms with Gasteiger partial charge in [0, 0.05) is 26.4 Å². The number of ether oxygens (including phenoxy) is 1. The highest BCUT2D eigenvalue weighted by atomic mass is 79.9. The third kappa shape index (κ3) is 3.10. The van der Waals surface area contributed by atoms with E-state index in [1.165, 1.54) is 31.4 Å². The first-order chi connectivity index (χ1) is 7.97.